The fraction of sp³-hybridized carbons (Fsp3) is 0.522. The maximum Gasteiger partial charge on any atom is 0.326 e. The van der Waals surface area contributed by atoms with Gasteiger partial charge in [-0.3, -0.25) is 19.7 Å². The Morgan fingerprint density at radius 2 is 1.88 bits per heavy atom. The number of amides is 2. The number of esters is 1. The molecule has 1 heterocycles. The largest absolute Gasteiger partial charge is 0.459 e. The molecule has 3 rings (SSSR count). The van der Waals surface area contributed by atoms with Crippen LogP contribution in [0.1, 0.15) is 51.5 Å². The SMILES string of the molecule is CC(C)C(NC(=O)CNC1(C(=O)OCc2ccccc2)CCCCC1)C(=O)Nn1ncsc1=S. The Labute approximate surface area is 208 Å². The number of nitrogens with one attached hydrogen (secondary N) is 3. The van der Waals surface area contributed by atoms with Gasteiger partial charge in [0.25, 0.3) is 5.91 Å². The summed E-state index contributed by atoms with van der Waals surface area (Å²) in [4.78, 5) is 39.8. The highest BCUT2D eigenvalue weighted by Gasteiger charge is 2.41. The van der Waals surface area contributed by atoms with Crippen molar-refractivity contribution in [1.29, 1.82) is 0 Å². The molecule has 1 aromatic carbocycles. The van der Waals surface area contributed by atoms with E-state index in [4.69, 9.17) is 17.0 Å². The third-order valence-corrected chi connectivity index (χ3v) is 6.90. The summed E-state index contributed by atoms with van der Waals surface area (Å²) in [6.07, 6.45) is 3.99. The number of aromatic nitrogens is 2. The summed E-state index contributed by atoms with van der Waals surface area (Å²) in [6, 6.07) is 8.71. The number of rotatable bonds is 10. The molecule has 2 aromatic rings. The fourth-order valence-corrected chi connectivity index (χ4v) is 4.59. The summed E-state index contributed by atoms with van der Waals surface area (Å²) in [7, 11) is 0. The second-order valence-electron chi connectivity index (χ2n) is 8.74. The lowest BCUT2D eigenvalue weighted by Gasteiger charge is -2.36. The van der Waals surface area contributed by atoms with E-state index in [0.717, 1.165) is 24.8 Å². The van der Waals surface area contributed by atoms with Crippen molar-refractivity contribution in [3.05, 3.63) is 45.4 Å². The highest BCUT2D eigenvalue weighted by molar-refractivity contribution is 7.73. The molecule has 1 aliphatic carbocycles. The van der Waals surface area contributed by atoms with Gasteiger partial charge in [-0.2, -0.15) is 0 Å². The predicted molar refractivity (Wildman–Crippen MR) is 132 cm³/mol. The van der Waals surface area contributed by atoms with Crippen LogP contribution in [-0.2, 0) is 25.7 Å². The van der Waals surface area contributed by atoms with Crippen molar-refractivity contribution in [3.63, 3.8) is 0 Å². The zero-order chi connectivity index (χ0) is 24.6. The van der Waals surface area contributed by atoms with Gasteiger partial charge in [0.1, 0.15) is 23.7 Å². The number of hydrogen-bond acceptors (Lipinski definition) is 8. The third-order valence-electron chi connectivity index (χ3n) is 5.87. The maximum atomic E-state index is 13.1. The number of nitrogens with zero attached hydrogens (tertiary/aromatic N) is 2. The highest BCUT2D eigenvalue weighted by atomic mass is 32.1. The van der Waals surface area contributed by atoms with Crippen LogP contribution in [0.3, 0.4) is 0 Å². The van der Waals surface area contributed by atoms with Gasteiger partial charge in [0.2, 0.25) is 9.86 Å². The van der Waals surface area contributed by atoms with Crippen LogP contribution in [0.2, 0.25) is 0 Å². The van der Waals surface area contributed by atoms with E-state index in [0.29, 0.717) is 16.8 Å². The Bertz CT molecular complexity index is 1030. The van der Waals surface area contributed by atoms with Crippen LogP contribution in [0.4, 0.5) is 0 Å². The zero-order valence-corrected chi connectivity index (χ0v) is 21.0. The average Bonchev–Trinajstić information content (AvgIpc) is 3.24. The molecule has 34 heavy (non-hydrogen) atoms. The molecule has 184 valence electrons. The van der Waals surface area contributed by atoms with Gasteiger partial charge in [0.15, 0.2) is 0 Å². The van der Waals surface area contributed by atoms with Gasteiger partial charge < -0.3 is 10.1 Å². The minimum Gasteiger partial charge on any atom is -0.459 e. The lowest BCUT2D eigenvalue weighted by Crippen LogP contribution is -2.58. The molecule has 0 bridgehead atoms. The number of ether oxygens (including phenoxy) is 1. The van der Waals surface area contributed by atoms with Crippen LogP contribution in [-0.4, -0.2) is 45.8 Å². The van der Waals surface area contributed by atoms with Crippen molar-refractivity contribution in [2.75, 3.05) is 12.0 Å². The van der Waals surface area contributed by atoms with E-state index >= 15 is 0 Å². The summed E-state index contributed by atoms with van der Waals surface area (Å²) in [6.45, 7) is 3.75. The smallest absolute Gasteiger partial charge is 0.326 e. The van der Waals surface area contributed by atoms with E-state index in [-0.39, 0.29) is 30.9 Å². The molecule has 2 amide bonds. The normalized spacial score (nSPS) is 16.0. The van der Waals surface area contributed by atoms with Crippen LogP contribution in [0.15, 0.2) is 35.8 Å². The molecule has 1 unspecified atom stereocenters. The van der Waals surface area contributed by atoms with E-state index in [9.17, 15) is 14.4 Å². The predicted octanol–water partition coefficient (Wildman–Crippen LogP) is 2.92. The second-order valence-corrected chi connectivity index (χ2v) is 10.2. The van der Waals surface area contributed by atoms with Crippen LogP contribution in [0.25, 0.3) is 0 Å². The topological polar surface area (TPSA) is 114 Å². The molecule has 3 N–H and O–H groups in total. The van der Waals surface area contributed by atoms with E-state index < -0.39 is 17.5 Å². The van der Waals surface area contributed by atoms with Crippen molar-refractivity contribution in [3.8, 4) is 0 Å². The van der Waals surface area contributed by atoms with Crippen LogP contribution >= 0.6 is 23.6 Å². The molecule has 11 heteroatoms. The quantitative estimate of drug-likeness (QED) is 0.336. The first kappa shape index (κ1) is 26.0. The first-order chi connectivity index (χ1) is 16.3. The first-order valence-corrected chi connectivity index (χ1v) is 12.7. The zero-order valence-electron chi connectivity index (χ0n) is 19.4. The Balaban J connectivity index is 1.59. The molecular formula is C23H31N5O4S2. The molecule has 1 aliphatic rings. The third kappa shape index (κ3) is 6.94. The van der Waals surface area contributed by atoms with Crippen molar-refractivity contribution in [2.45, 2.75) is 64.1 Å². The second kappa shape index (κ2) is 12.2. The van der Waals surface area contributed by atoms with Crippen LogP contribution in [0, 0.1) is 9.87 Å². The Hall–Kier alpha value is -2.63. The monoisotopic (exact) mass is 505 g/mol. The van der Waals surface area contributed by atoms with Gasteiger partial charge >= 0.3 is 5.97 Å². The Morgan fingerprint density at radius 1 is 1.18 bits per heavy atom. The fourth-order valence-electron chi connectivity index (χ4n) is 3.94. The lowest BCUT2D eigenvalue weighted by atomic mass is 9.81. The number of benzene rings is 1. The molecule has 1 aromatic heterocycles. The van der Waals surface area contributed by atoms with Crippen LogP contribution in [0.5, 0.6) is 0 Å². The van der Waals surface area contributed by atoms with Crippen molar-refractivity contribution in [2.24, 2.45) is 5.92 Å². The van der Waals surface area contributed by atoms with Gasteiger partial charge in [-0.05, 0) is 36.5 Å². The molecule has 9 nitrogen and oxygen atoms in total. The van der Waals surface area contributed by atoms with Gasteiger partial charge in [0.05, 0.1) is 6.54 Å². The van der Waals surface area contributed by atoms with E-state index in [1.807, 2.05) is 44.2 Å². The lowest BCUT2D eigenvalue weighted by molar-refractivity contribution is -0.155. The van der Waals surface area contributed by atoms with Gasteiger partial charge in [-0.15, -0.1) is 9.89 Å². The number of carbonyl (C=O) groups excluding carboxylic acids is 3. The molecule has 1 fully saturated rings. The molecule has 0 radical (unpaired) electrons. The number of hydrogen-bond donors (Lipinski definition) is 3. The van der Waals surface area contributed by atoms with E-state index in [1.165, 1.54) is 21.6 Å². The standard InChI is InChI=1S/C23H31N5O4S2/c1-16(2)19(20(30)27-28-22(33)34-15-25-28)26-18(29)13-24-23(11-7-4-8-12-23)21(31)32-14-17-9-5-3-6-10-17/h3,5-6,9-10,15-16,19,24H,4,7-8,11-14H2,1-2H3,(H,26,29)(H,27,30). The molecule has 0 spiro atoms. The Morgan fingerprint density at radius 3 is 2.50 bits per heavy atom. The summed E-state index contributed by atoms with van der Waals surface area (Å²) < 4.78 is 6.01. The van der Waals surface area contributed by atoms with Gasteiger partial charge in [0, 0.05) is 0 Å². The van der Waals surface area contributed by atoms with Gasteiger partial charge in [-0.25, -0.2) is 5.43 Å². The molecule has 0 saturated heterocycles. The molecule has 1 atom stereocenters. The first-order valence-electron chi connectivity index (χ1n) is 11.4. The minimum atomic E-state index is -0.909. The summed E-state index contributed by atoms with van der Waals surface area (Å²) in [5.74, 6) is -1.31. The van der Waals surface area contributed by atoms with E-state index in [1.54, 1.807) is 0 Å². The maximum absolute atomic E-state index is 13.1. The average molecular weight is 506 g/mol. The van der Waals surface area contributed by atoms with Crippen molar-refractivity contribution in [1.82, 2.24) is 20.5 Å². The van der Waals surface area contributed by atoms with Gasteiger partial charge in [-0.1, -0.05) is 74.8 Å². The van der Waals surface area contributed by atoms with Crippen molar-refractivity contribution < 1.29 is 19.1 Å². The Kier molecular flexibility index (Phi) is 9.31. The summed E-state index contributed by atoms with van der Waals surface area (Å²) in [5.41, 5.74) is 4.13. The summed E-state index contributed by atoms with van der Waals surface area (Å²) in [5, 5.41) is 9.89. The number of carbonyl (C=O) groups is 3. The summed E-state index contributed by atoms with van der Waals surface area (Å²) >= 11 is 6.33. The molecule has 0 aliphatic heterocycles. The van der Waals surface area contributed by atoms with Crippen molar-refractivity contribution >= 4 is 41.3 Å². The molecular weight excluding hydrogens is 474 g/mol. The molecule has 1 saturated carbocycles. The highest BCUT2D eigenvalue weighted by Crippen LogP contribution is 2.29. The van der Waals surface area contributed by atoms with E-state index in [2.05, 4.69) is 21.2 Å². The minimum absolute atomic E-state index is 0.104. The van der Waals surface area contributed by atoms with Crippen LogP contribution < -0.4 is 16.1 Å².